The van der Waals surface area contributed by atoms with Crippen LogP contribution < -0.4 is 9.80 Å². The highest BCUT2D eigenvalue weighted by Crippen LogP contribution is 2.40. The van der Waals surface area contributed by atoms with Gasteiger partial charge < -0.3 is 4.90 Å². The number of nitro benzene ring substituents is 1. The molecule has 0 N–H and O–H groups in total. The second kappa shape index (κ2) is 7.21. The van der Waals surface area contributed by atoms with Gasteiger partial charge in [-0.3, -0.25) is 19.7 Å². The van der Waals surface area contributed by atoms with Gasteiger partial charge in [-0.25, -0.2) is 4.90 Å². The molecule has 2 aliphatic rings. The van der Waals surface area contributed by atoms with Crippen LogP contribution in [0.2, 0.25) is 0 Å². The summed E-state index contributed by atoms with van der Waals surface area (Å²) in [5.41, 5.74) is 3.44. The van der Waals surface area contributed by atoms with Gasteiger partial charge in [0.15, 0.2) is 0 Å². The molecule has 0 aliphatic carbocycles. The Hall–Kier alpha value is -4.26. The molecule has 152 valence electrons. The van der Waals surface area contributed by atoms with E-state index in [0.717, 1.165) is 17.7 Å². The Bertz CT molecular complexity index is 1250. The summed E-state index contributed by atoms with van der Waals surface area (Å²) in [6, 6.07) is 22.3. The van der Waals surface area contributed by atoms with Crippen LogP contribution in [-0.2, 0) is 16.0 Å². The van der Waals surface area contributed by atoms with E-state index in [9.17, 15) is 19.7 Å². The summed E-state index contributed by atoms with van der Waals surface area (Å²) in [5.74, 6) is -0.842. The normalized spacial score (nSPS) is 15.6. The molecule has 0 bridgehead atoms. The smallest absolute Gasteiger partial charge is 0.282 e. The van der Waals surface area contributed by atoms with Crippen LogP contribution in [-0.4, -0.2) is 23.3 Å². The van der Waals surface area contributed by atoms with Crippen molar-refractivity contribution in [3.05, 3.63) is 106 Å². The third kappa shape index (κ3) is 2.98. The summed E-state index contributed by atoms with van der Waals surface area (Å²) in [5, 5.41) is 11.1. The predicted molar refractivity (Wildman–Crippen MR) is 116 cm³/mol. The Morgan fingerprint density at radius 3 is 2.19 bits per heavy atom. The molecule has 7 nitrogen and oxygen atoms in total. The Labute approximate surface area is 178 Å². The number of para-hydroxylation sites is 2. The molecule has 2 heterocycles. The molecule has 0 unspecified atom stereocenters. The lowest BCUT2D eigenvalue weighted by molar-refractivity contribution is -0.384. The largest absolute Gasteiger partial charge is 0.336 e. The van der Waals surface area contributed by atoms with Crippen molar-refractivity contribution in [3.63, 3.8) is 0 Å². The van der Waals surface area contributed by atoms with E-state index < -0.39 is 16.7 Å². The van der Waals surface area contributed by atoms with E-state index in [1.165, 1.54) is 29.2 Å². The minimum atomic E-state index is -0.492. The summed E-state index contributed by atoms with van der Waals surface area (Å²) in [6.07, 6.45) is 0.764. The van der Waals surface area contributed by atoms with E-state index in [4.69, 9.17) is 0 Å². The van der Waals surface area contributed by atoms with Crippen LogP contribution in [0, 0.1) is 10.1 Å². The first kappa shape index (κ1) is 18.7. The lowest BCUT2D eigenvalue weighted by atomic mass is 10.0. The molecule has 0 atom stereocenters. The van der Waals surface area contributed by atoms with Crippen molar-refractivity contribution in [2.45, 2.75) is 6.42 Å². The molecule has 31 heavy (non-hydrogen) atoms. The van der Waals surface area contributed by atoms with E-state index in [1.807, 2.05) is 35.2 Å². The first-order chi connectivity index (χ1) is 15.1. The number of imide groups is 1. The van der Waals surface area contributed by atoms with Gasteiger partial charge in [-0.2, -0.15) is 0 Å². The van der Waals surface area contributed by atoms with E-state index >= 15 is 0 Å². The van der Waals surface area contributed by atoms with Crippen LogP contribution in [0.3, 0.4) is 0 Å². The summed E-state index contributed by atoms with van der Waals surface area (Å²) >= 11 is 0. The molecular weight excluding hydrogens is 394 g/mol. The number of nitro groups is 1. The van der Waals surface area contributed by atoms with Crippen molar-refractivity contribution in [1.82, 2.24) is 0 Å². The Morgan fingerprint density at radius 1 is 0.806 bits per heavy atom. The minimum Gasteiger partial charge on any atom is -0.336 e. The standard InChI is InChI=1S/C24H17N3O4/c28-23-21(17-10-12-19(13-11-17)27(30)31)22(24(29)26(23)18-7-2-1-3-8-18)25-15-14-16-6-4-5-9-20(16)25/h1-13H,14-15H2. The van der Waals surface area contributed by atoms with Gasteiger partial charge in [0.25, 0.3) is 17.5 Å². The van der Waals surface area contributed by atoms with Gasteiger partial charge in [0, 0.05) is 24.4 Å². The quantitative estimate of drug-likeness (QED) is 0.369. The van der Waals surface area contributed by atoms with Crippen molar-refractivity contribution in [2.75, 3.05) is 16.3 Å². The van der Waals surface area contributed by atoms with Gasteiger partial charge in [0.1, 0.15) is 5.70 Å². The number of carbonyl (C=O) groups excluding carboxylic acids is 2. The number of rotatable bonds is 4. The monoisotopic (exact) mass is 411 g/mol. The van der Waals surface area contributed by atoms with E-state index in [2.05, 4.69) is 0 Å². The maximum atomic E-state index is 13.6. The lowest BCUT2D eigenvalue weighted by Gasteiger charge is -2.21. The second-order valence-corrected chi connectivity index (χ2v) is 7.34. The molecule has 3 aromatic rings. The highest BCUT2D eigenvalue weighted by molar-refractivity contribution is 6.46. The molecule has 2 aliphatic heterocycles. The SMILES string of the molecule is O=C1C(c2ccc([N+](=O)[O-])cc2)=C(N2CCc3ccccc32)C(=O)N1c1ccccc1. The molecule has 2 amide bonds. The fraction of sp³-hybridized carbons (Fsp3) is 0.0833. The zero-order chi connectivity index (χ0) is 21.5. The maximum Gasteiger partial charge on any atom is 0.282 e. The molecule has 5 rings (SSSR count). The molecular formula is C24H17N3O4. The summed E-state index contributed by atoms with van der Waals surface area (Å²) in [6.45, 7) is 0.576. The molecule has 0 fully saturated rings. The predicted octanol–water partition coefficient (Wildman–Crippen LogP) is 3.94. The van der Waals surface area contributed by atoms with Gasteiger partial charge in [-0.1, -0.05) is 36.4 Å². The minimum absolute atomic E-state index is 0.0749. The number of fused-ring (bicyclic) bond motifs is 1. The number of hydrogen-bond acceptors (Lipinski definition) is 5. The van der Waals surface area contributed by atoms with E-state index in [0.29, 0.717) is 23.5 Å². The van der Waals surface area contributed by atoms with Crippen LogP contribution in [0.1, 0.15) is 11.1 Å². The van der Waals surface area contributed by atoms with Crippen LogP contribution >= 0.6 is 0 Å². The first-order valence-electron chi connectivity index (χ1n) is 9.84. The molecule has 0 spiro atoms. The van der Waals surface area contributed by atoms with E-state index in [-0.39, 0.29) is 11.3 Å². The molecule has 0 aromatic heterocycles. The van der Waals surface area contributed by atoms with Crippen LogP contribution in [0.15, 0.2) is 84.6 Å². The Balaban J connectivity index is 1.68. The zero-order valence-corrected chi connectivity index (χ0v) is 16.4. The zero-order valence-electron chi connectivity index (χ0n) is 16.4. The molecule has 0 radical (unpaired) electrons. The fourth-order valence-corrected chi connectivity index (χ4v) is 4.16. The van der Waals surface area contributed by atoms with Gasteiger partial charge in [0.2, 0.25) is 0 Å². The third-order valence-corrected chi connectivity index (χ3v) is 5.60. The second-order valence-electron chi connectivity index (χ2n) is 7.34. The van der Waals surface area contributed by atoms with Crippen LogP contribution in [0.5, 0.6) is 0 Å². The lowest BCUT2D eigenvalue weighted by Crippen LogP contribution is -2.34. The number of amides is 2. The highest BCUT2D eigenvalue weighted by atomic mass is 16.6. The Morgan fingerprint density at radius 2 is 1.48 bits per heavy atom. The van der Waals surface area contributed by atoms with Crippen LogP contribution in [0.4, 0.5) is 17.1 Å². The first-order valence-corrected chi connectivity index (χ1v) is 9.84. The molecule has 0 saturated carbocycles. The fourth-order valence-electron chi connectivity index (χ4n) is 4.16. The number of hydrogen-bond donors (Lipinski definition) is 0. The van der Waals surface area contributed by atoms with Gasteiger partial charge in [-0.05, 0) is 47.9 Å². The van der Waals surface area contributed by atoms with Crippen LogP contribution in [0.25, 0.3) is 5.57 Å². The summed E-state index contributed by atoms with van der Waals surface area (Å²) in [7, 11) is 0. The summed E-state index contributed by atoms with van der Waals surface area (Å²) in [4.78, 5) is 40.7. The number of carbonyl (C=O) groups is 2. The third-order valence-electron chi connectivity index (χ3n) is 5.60. The average molecular weight is 411 g/mol. The average Bonchev–Trinajstić information content (AvgIpc) is 3.32. The molecule has 7 heteroatoms. The Kier molecular flexibility index (Phi) is 4.36. The van der Waals surface area contributed by atoms with Crippen molar-refractivity contribution < 1.29 is 14.5 Å². The van der Waals surface area contributed by atoms with Gasteiger partial charge in [0.05, 0.1) is 16.2 Å². The van der Waals surface area contributed by atoms with Crippen molar-refractivity contribution >= 4 is 34.4 Å². The number of nitrogens with zero attached hydrogens (tertiary/aromatic N) is 3. The topological polar surface area (TPSA) is 83.8 Å². The van der Waals surface area contributed by atoms with Crippen molar-refractivity contribution in [3.8, 4) is 0 Å². The highest BCUT2D eigenvalue weighted by Gasteiger charge is 2.44. The number of non-ortho nitro benzene ring substituents is 1. The molecule has 0 saturated heterocycles. The van der Waals surface area contributed by atoms with Crippen molar-refractivity contribution in [2.24, 2.45) is 0 Å². The number of benzene rings is 3. The van der Waals surface area contributed by atoms with Crippen molar-refractivity contribution in [1.29, 1.82) is 0 Å². The van der Waals surface area contributed by atoms with E-state index in [1.54, 1.807) is 24.3 Å². The van der Waals surface area contributed by atoms with Gasteiger partial charge >= 0.3 is 0 Å². The summed E-state index contributed by atoms with van der Waals surface area (Å²) < 4.78 is 0. The molecule has 3 aromatic carbocycles. The number of anilines is 2. The van der Waals surface area contributed by atoms with Gasteiger partial charge in [-0.15, -0.1) is 0 Å². The maximum absolute atomic E-state index is 13.6.